The Hall–Kier alpha value is 0.440. The minimum Gasteiger partial charge on any atom is -0.479 e. The number of rotatable bonds is 7. The normalized spacial score (nSPS) is 18.1. The Morgan fingerprint density at radius 2 is 2.05 bits per heavy atom. The lowest BCUT2D eigenvalue weighted by Gasteiger charge is -2.21. The van der Waals surface area contributed by atoms with E-state index in [4.69, 9.17) is 28.6 Å². The number of hydrogen-bond donors (Lipinski definition) is 0. The molecular weight excluding hydrogens is 363 g/mol. The minimum atomic E-state index is -4.64. The third kappa shape index (κ3) is 8.67. The SMILES string of the molecule is CCOC(=S)SC(CC(Cl)C(F)(F)F)CP(=O)(F)OC. The second-order valence-corrected chi connectivity index (χ2v) is 7.96. The van der Waals surface area contributed by atoms with Crippen molar-refractivity contribution in [3.05, 3.63) is 0 Å². The van der Waals surface area contributed by atoms with Crippen molar-refractivity contribution in [1.82, 2.24) is 0 Å². The molecule has 0 aliphatic rings. The Morgan fingerprint density at radius 1 is 1.50 bits per heavy atom. The van der Waals surface area contributed by atoms with Crippen LogP contribution < -0.4 is 0 Å². The van der Waals surface area contributed by atoms with Crippen molar-refractivity contribution in [3.63, 3.8) is 0 Å². The summed E-state index contributed by atoms with van der Waals surface area (Å²) in [6.45, 7) is 1.86. The second kappa shape index (κ2) is 8.78. The van der Waals surface area contributed by atoms with Gasteiger partial charge in [0.1, 0.15) is 5.38 Å². The topological polar surface area (TPSA) is 35.5 Å². The highest BCUT2D eigenvalue weighted by Gasteiger charge is 2.41. The van der Waals surface area contributed by atoms with Crippen LogP contribution in [-0.2, 0) is 13.8 Å². The highest BCUT2D eigenvalue weighted by atomic mass is 35.5. The summed E-state index contributed by atoms with van der Waals surface area (Å²) >= 11 is 10.7. The molecule has 0 aromatic heterocycles. The number of ether oxygens (including phenoxy) is 1. The lowest BCUT2D eigenvalue weighted by Crippen LogP contribution is -2.28. The predicted molar refractivity (Wildman–Crippen MR) is 76.5 cm³/mol. The lowest BCUT2D eigenvalue weighted by atomic mass is 10.2. The molecule has 0 amide bonds. The number of alkyl halides is 4. The van der Waals surface area contributed by atoms with E-state index >= 15 is 0 Å². The average Bonchev–Trinajstić information content (AvgIpc) is 2.27. The molecule has 0 saturated carbocycles. The third-order valence-corrected chi connectivity index (χ3v) is 5.55. The molecule has 0 aliphatic carbocycles. The van der Waals surface area contributed by atoms with Gasteiger partial charge in [-0.3, -0.25) is 4.57 Å². The summed E-state index contributed by atoms with van der Waals surface area (Å²) in [7, 11) is -3.59. The molecule has 0 heterocycles. The molecule has 0 aromatic rings. The monoisotopic (exact) mass is 376 g/mol. The zero-order chi connectivity index (χ0) is 16.0. The van der Waals surface area contributed by atoms with Gasteiger partial charge in [0, 0.05) is 12.4 Å². The van der Waals surface area contributed by atoms with Crippen LogP contribution in [0.2, 0.25) is 0 Å². The molecular formula is C9H14ClF4O3PS2. The molecule has 120 valence electrons. The fourth-order valence-corrected chi connectivity index (χ4v) is 4.34. The van der Waals surface area contributed by atoms with Crippen LogP contribution in [0, 0.1) is 0 Å². The lowest BCUT2D eigenvalue weighted by molar-refractivity contribution is -0.131. The van der Waals surface area contributed by atoms with E-state index < -0.39 is 37.1 Å². The average molecular weight is 377 g/mol. The molecule has 0 spiro atoms. The first-order chi connectivity index (χ1) is 9.01. The van der Waals surface area contributed by atoms with Gasteiger partial charge in [-0.25, -0.2) is 0 Å². The summed E-state index contributed by atoms with van der Waals surface area (Å²) in [5.41, 5.74) is 0. The largest absolute Gasteiger partial charge is 0.479 e. The molecule has 11 heteroatoms. The summed E-state index contributed by atoms with van der Waals surface area (Å²) in [5, 5.41) is -3.25. The van der Waals surface area contributed by atoms with Crippen LogP contribution in [0.3, 0.4) is 0 Å². The Balaban J connectivity index is 4.79. The van der Waals surface area contributed by atoms with E-state index in [9.17, 15) is 21.9 Å². The second-order valence-electron chi connectivity index (χ2n) is 3.62. The van der Waals surface area contributed by atoms with E-state index in [-0.39, 0.29) is 11.0 Å². The first-order valence-corrected chi connectivity index (χ1v) is 8.83. The molecule has 3 atom stereocenters. The quantitative estimate of drug-likeness (QED) is 0.276. The van der Waals surface area contributed by atoms with Gasteiger partial charge >= 0.3 is 13.9 Å². The maximum Gasteiger partial charge on any atom is 0.404 e. The molecule has 0 radical (unpaired) electrons. The molecule has 0 saturated heterocycles. The summed E-state index contributed by atoms with van der Waals surface area (Å²) in [5.74, 6) is 0. The Bertz CT molecular complexity index is 370. The van der Waals surface area contributed by atoms with E-state index in [0.29, 0.717) is 11.8 Å². The van der Waals surface area contributed by atoms with Crippen LogP contribution in [0.5, 0.6) is 0 Å². The fourth-order valence-electron chi connectivity index (χ4n) is 1.13. The van der Waals surface area contributed by atoms with Gasteiger partial charge in [-0.05, 0) is 25.6 Å². The van der Waals surface area contributed by atoms with Gasteiger partial charge in [-0.2, -0.15) is 17.4 Å². The van der Waals surface area contributed by atoms with Gasteiger partial charge in [0.2, 0.25) is 4.38 Å². The first-order valence-electron chi connectivity index (χ1n) is 5.40. The number of hydrogen-bond acceptors (Lipinski definition) is 5. The van der Waals surface area contributed by atoms with Gasteiger partial charge < -0.3 is 9.26 Å². The zero-order valence-corrected chi connectivity index (χ0v) is 13.9. The molecule has 0 rings (SSSR count). The molecule has 0 aromatic carbocycles. The van der Waals surface area contributed by atoms with E-state index in [1.54, 1.807) is 6.92 Å². The standard InChI is InChI=1S/C9H14ClF4O3PS2/c1-3-17-8(19)20-6(5-18(14,15)16-2)4-7(10)9(11,12)13/h6-7H,3-5H2,1-2H3. The number of thiocarbonyl (C=S) groups is 1. The zero-order valence-electron chi connectivity index (χ0n) is 10.7. The van der Waals surface area contributed by atoms with Crippen molar-refractivity contribution in [3.8, 4) is 0 Å². The predicted octanol–water partition coefficient (Wildman–Crippen LogP) is 4.78. The fraction of sp³-hybridized carbons (Fsp3) is 0.889. The van der Waals surface area contributed by atoms with Gasteiger partial charge in [0.05, 0.1) is 12.8 Å². The van der Waals surface area contributed by atoms with Gasteiger partial charge in [-0.15, -0.1) is 11.6 Å². The Labute approximate surface area is 129 Å². The van der Waals surface area contributed by atoms with Crippen LogP contribution in [0.25, 0.3) is 0 Å². The van der Waals surface area contributed by atoms with E-state index in [1.807, 2.05) is 0 Å². The third-order valence-electron chi connectivity index (χ3n) is 2.04. The van der Waals surface area contributed by atoms with Crippen molar-refractivity contribution in [2.24, 2.45) is 0 Å². The highest BCUT2D eigenvalue weighted by molar-refractivity contribution is 8.23. The number of thioether (sulfide) groups is 1. The number of halogens is 5. The maximum absolute atomic E-state index is 13.4. The maximum atomic E-state index is 13.4. The van der Waals surface area contributed by atoms with Crippen molar-refractivity contribution in [1.29, 1.82) is 0 Å². The van der Waals surface area contributed by atoms with Crippen molar-refractivity contribution < 1.29 is 31.2 Å². The minimum absolute atomic E-state index is 0.0559. The van der Waals surface area contributed by atoms with Gasteiger partial charge in [0.15, 0.2) is 0 Å². The van der Waals surface area contributed by atoms with E-state index in [1.165, 1.54) is 0 Å². The molecule has 0 N–H and O–H groups in total. The van der Waals surface area contributed by atoms with Crippen LogP contribution in [0.4, 0.5) is 17.4 Å². The Kier molecular flexibility index (Phi) is 8.97. The van der Waals surface area contributed by atoms with E-state index in [2.05, 4.69) is 4.52 Å². The van der Waals surface area contributed by atoms with Crippen LogP contribution in [0.1, 0.15) is 13.3 Å². The summed E-state index contributed by atoms with van der Waals surface area (Å²) in [6.07, 6.45) is -6.01. The van der Waals surface area contributed by atoms with E-state index in [0.717, 1.165) is 7.11 Å². The summed E-state index contributed by atoms with van der Waals surface area (Å²) < 4.78 is 70.8. The first kappa shape index (κ1) is 20.4. The molecule has 3 nitrogen and oxygen atoms in total. The molecule has 0 aliphatic heterocycles. The summed E-state index contributed by atoms with van der Waals surface area (Å²) in [4.78, 5) is 0. The van der Waals surface area contributed by atoms with Crippen LogP contribution in [-0.4, -0.2) is 41.1 Å². The molecule has 0 bridgehead atoms. The van der Waals surface area contributed by atoms with Gasteiger partial charge in [0.25, 0.3) is 0 Å². The Morgan fingerprint density at radius 3 is 2.45 bits per heavy atom. The summed E-state index contributed by atoms with van der Waals surface area (Å²) in [6, 6.07) is 0. The molecule has 0 fully saturated rings. The van der Waals surface area contributed by atoms with Crippen LogP contribution >= 0.6 is 43.3 Å². The van der Waals surface area contributed by atoms with Crippen LogP contribution in [0.15, 0.2) is 0 Å². The molecule has 20 heavy (non-hydrogen) atoms. The van der Waals surface area contributed by atoms with Crippen molar-refractivity contribution >= 4 is 47.6 Å². The molecule has 3 unspecified atom stereocenters. The highest BCUT2D eigenvalue weighted by Crippen LogP contribution is 2.51. The van der Waals surface area contributed by atoms with Gasteiger partial charge in [-0.1, -0.05) is 11.8 Å². The smallest absolute Gasteiger partial charge is 0.404 e. The van der Waals surface area contributed by atoms with Crippen molar-refractivity contribution in [2.75, 3.05) is 19.9 Å². The van der Waals surface area contributed by atoms with Crippen molar-refractivity contribution in [2.45, 2.75) is 30.1 Å².